The van der Waals surface area contributed by atoms with Gasteiger partial charge in [-0.25, -0.2) is 17.2 Å². The summed E-state index contributed by atoms with van der Waals surface area (Å²) in [5.74, 6) is -0.882. The number of benzene rings is 2. The molecule has 1 atom stereocenters. The molecule has 0 aromatic heterocycles. The highest BCUT2D eigenvalue weighted by atomic mass is 32.2. The molecule has 0 aliphatic rings. The van der Waals surface area contributed by atoms with E-state index in [-0.39, 0.29) is 18.0 Å². The topological polar surface area (TPSA) is 87.5 Å². The molecule has 0 aliphatic carbocycles. The molecule has 0 aliphatic heterocycles. The lowest BCUT2D eigenvalue weighted by Crippen LogP contribution is -2.45. The minimum absolute atomic E-state index is 0.0146. The van der Waals surface area contributed by atoms with E-state index in [9.17, 15) is 22.0 Å². The first-order valence-electron chi connectivity index (χ1n) is 9.71. The Morgan fingerprint density at radius 3 is 2.23 bits per heavy atom. The van der Waals surface area contributed by atoms with Crippen molar-refractivity contribution in [2.24, 2.45) is 0 Å². The average molecular weight is 451 g/mol. The van der Waals surface area contributed by atoms with Gasteiger partial charge in [0, 0.05) is 13.0 Å². The van der Waals surface area contributed by atoms with Gasteiger partial charge in [-0.3, -0.25) is 4.79 Å². The highest BCUT2D eigenvalue weighted by Crippen LogP contribution is 2.25. The summed E-state index contributed by atoms with van der Waals surface area (Å²) in [6, 6.07) is 12.8. The Morgan fingerprint density at radius 2 is 1.71 bits per heavy atom. The number of carbonyl (C=O) groups excluding carboxylic acids is 1. The lowest BCUT2D eigenvalue weighted by atomic mass is 10.1. The summed E-state index contributed by atoms with van der Waals surface area (Å²) < 4.78 is 58.7. The molecule has 9 heteroatoms. The summed E-state index contributed by atoms with van der Waals surface area (Å²) in [6.45, 7) is 3.10. The minimum atomic E-state index is -4.22. The van der Waals surface area contributed by atoms with Gasteiger partial charge in [0.2, 0.25) is 16.4 Å². The van der Waals surface area contributed by atoms with Crippen LogP contribution in [0.5, 0.6) is 0 Å². The summed E-state index contributed by atoms with van der Waals surface area (Å²) in [5.41, 5.74) is 1.73. The second-order valence-corrected chi connectivity index (χ2v) is 8.80. The fraction of sp³-hybridized carbons (Fsp3) is 0.364. The number of ether oxygens (including phenoxy) is 1. The first-order chi connectivity index (χ1) is 14.7. The Labute approximate surface area is 181 Å². The van der Waals surface area contributed by atoms with E-state index in [2.05, 4.69) is 0 Å². The van der Waals surface area contributed by atoms with E-state index in [1.54, 1.807) is 38.1 Å². The van der Waals surface area contributed by atoms with Gasteiger partial charge < -0.3 is 4.74 Å². The molecule has 2 aromatic carbocycles. The average Bonchev–Trinajstić information content (AvgIpc) is 2.73. The predicted octanol–water partition coefficient (Wildman–Crippen LogP) is 4.03. The molecule has 166 valence electrons. The van der Waals surface area contributed by atoms with Crippen molar-refractivity contribution in [2.75, 3.05) is 6.61 Å². The number of rotatable bonds is 10. The van der Waals surface area contributed by atoms with Gasteiger partial charge in [0.05, 0.1) is 23.1 Å². The number of nitriles is 1. The number of alkyl halides is 2. The van der Waals surface area contributed by atoms with Gasteiger partial charge >= 0.3 is 5.97 Å². The Morgan fingerprint density at radius 1 is 1.10 bits per heavy atom. The first-order valence-corrected chi connectivity index (χ1v) is 11.2. The number of halogens is 2. The largest absolute Gasteiger partial charge is 0.465 e. The Balaban J connectivity index is 2.52. The third-order valence-corrected chi connectivity index (χ3v) is 6.48. The molecule has 0 radical (unpaired) electrons. The van der Waals surface area contributed by atoms with Crippen LogP contribution in [0.25, 0.3) is 0 Å². The lowest BCUT2D eigenvalue weighted by Gasteiger charge is -2.29. The lowest BCUT2D eigenvalue weighted by molar-refractivity contribution is -0.148. The molecular formula is C22H24F2N2O4S. The number of esters is 1. The summed E-state index contributed by atoms with van der Waals surface area (Å²) >= 11 is 0. The van der Waals surface area contributed by atoms with Crippen LogP contribution >= 0.6 is 0 Å². The number of hydrogen-bond donors (Lipinski definition) is 0. The molecule has 0 bridgehead atoms. The molecule has 0 saturated carbocycles. The van der Waals surface area contributed by atoms with Crippen LogP contribution in [0.2, 0.25) is 0 Å². The third kappa shape index (κ3) is 6.57. The molecule has 0 fully saturated rings. The SMILES string of the molecule is CCOC(=O)C(CCC(F)F)N(Cc1ccc(C#N)cc1)S(=O)(=O)c1ccc(C)cc1. The van der Waals surface area contributed by atoms with Crippen LogP contribution < -0.4 is 0 Å². The number of sulfonamides is 1. The standard InChI is InChI=1S/C22H24F2N2O4S/c1-3-30-22(27)20(12-13-21(23)24)26(15-18-8-6-17(14-25)7-9-18)31(28,29)19-10-4-16(2)5-11-19/h4-11,20-21H,3,12-13,15H2,1-2H3. The van der Waals surface area contributed by atoms with Crippen molar-refractivity contribution in [1.82, 2.24) is 4.31 Å². The molecule has 0 heterocycles. The first kappa shape index (κ1) is 24.4. The third-order valence-electron chi connectivity index (χ3n) is 4.61. The van der Waals surface area contributed by atoms with Gasteiger partial charge in [0.25, 0.3) is 0 Å². The van der Waals surface area contributed by atoms with Crippen molar-refractivity contribution in [3.63, 3.8) is 0 Å². The zero-order chi connectivity index (χ0) is 23.0. The Kier molecular flexibility index (Phi) is 8.65. The van der Waals surface area contributed by atoms with E-state index in [1.165, 1.54) is 24.3 Å². The van der Waals surface area contributed by atoms with Crippen molar-refractivity contribution in [1.29, 1.82) is 5.26 Å². The monoisotopic (exact) mass is 450 g/mol. The molecule has 1 unspecified atom stereocenters. The van der Waals surface area contributed by atoms with E-state index < -0.39 is 41.3 Å². The van der Waals surface area contributed by atoms with Crippen LogP contribution in [0.15, 0.2) is 53.4 Å². The maximum atomic E-state index is 13.4. The van der Waals surface area contributed by atoms with Crippen molar-refractivity contribution >= 4 is 16.0 Å². The predicted molar refractivity (Wildman–Crippen MR) is 111 cm³/mol. The Hall–Kier alpha value is -2.83. The molecular weight excluding hydrogens is 426 g/mol. The van der Waals surface area contributed by atoms with Crippen LogP contribution in [-0.4, -0.2) is 37.8 Å². The fourth-order valence-electron chi connectivity index (χ4n) is 2.97. The second kappa shape index (κ2) is 11.0. The van der Waals surface area contributed by atoms with Crippen LogP contribution in [0.3, 0.4) is 0 Å². The summed E-state index contributed by atoms with van der Waals surface area (Å²) in [6.07, 6.45) is -3.75. The van der Waals surface area contributed by atoms with Crippen LogP contribution in [0.4, 0.5) is 8.78 Å². The summed E-state index contributed by atoms with van der Waals surface area (Å²) in [5, 5.41) is 8.96. The molecule has 0 amide bonds. The van der Waals surface area contributed by atoms with E-state index >= 15 is 0 Å². The fourth-order valence-corrected chi connectivity index (χ4v) is 4.57. The Bertz CT molecular complexity index is 1020. The van der Waals surface area contributed by atoms with Crippen molar-refractivity contribution in [3.05, 3.63) is 65.2 Å². The van der Waals surface area contributed by atoms with Crippen molar-refractivity contribution < 1.29 is 26.7 Å². The highest BCUT2D eigenvalue weighted by Gasteiger charge is 2.37. The smallest absolute Gasteiger partial charge is 0.324 e. The van der Waals surface area contributed by atoms with E-state index in [0.717, 1.165) is 9.87 Å². The van der Waals surface area contributed by atoms with Crippen LogP contribution in [0, 0.1) is 18.3 Å². The van der Waals surface area contributed by atoms with Gasteiger partial charge in [-0.2, -0.15) is 9.57 Å². The number of aryl methyl sites for hydroxylation is 1. The van der Waals surface area contributed by atoms with Gasteiger partial charge in [-0.05, 0) is 50.1 Å². The zero-order valence-electron chi connectivity index (χ0n) is 17.3. The molecule has 0 spiro atoms. The summed E-state index contributed by atoms with van der Waals surface area (Å²) in [7, 11) is -4.22. The van der Waals surface area contributed by atoms with Crippen molar-refractivity contribution in [2.45, 2.75) is 50.6 Å². The summed E-state index contributed by atoms with van der Waals surface area (Å²) in [4.78, 5) is 12.5. The van der Waals surface area contributed by atoms with Gasteiger partial charge in [-0.1, -0.05) is 29.8 Å². The van der Waals surface area contributed by atoms with Crippen LogP contribution in [0.1, 0.15) is 36.5 Å². The second-order valence-electron chi connectivity index (χ2n) is 6.91. The molecule has 0 saturated heterocycles. The van der Waals surface area contributed by atoms with E-state index in [4.69, 9.17) is 10.00 Å². The molecule has 2 rings (SSSR count). The number of hydrogen-bond acceptors (Lipinski definition) is 5. The van der Waals surface area contributed by atoms with Crippen LogP contribution in [-0.2, 0) is 26.1 Å². The van der Waals surface area contributed by atoms with Crippen molar-refractivity contribution in [3.8, 4) is 6.07 Å². The maximum Gasteiger partial charge on any atom is 0.324 e. The highest BCUT2D eigenvalue weighted by molar-refractivity contribution is 7.89. The van der Waals surface area contributed by atoms with E-state index in [0.29, 0.717) is 11.1 Å². The zero-order valence-corrected chi connectivity index (χ0v) is 18.1. The molecule has 31 heavy (non-hydrogen) atoms. The number of carbonyl (C=O) groups is 1. The van der Waals surface area contributed by atoms with Gasteiger partial charge in [0.1, 0.15) is 6.04 Å². The molecule has 2 aromatic rings. The molecule has 6 nitrogen and oxygen atoms in total. The number of nitrogens with zero attached hydrogens (tertiary/aromatic N) is 2. The molecule has 0 N–H and O–H groups in total. The van der Waals surface area contributed by atoms with Gasteiger partial charge in [-0.15, -0.1) is 0 Å². The maximum absolute atomic E-state index is 13.4. The quantitative estimate of drug-likeness (QED) is 0.510. The minimum Gasteiger partial charge on any atom is -0.465 e. The van der Waals surface area contributed by atoms with Gasteiger partial charge in [0.15, 0.2) is 0 Å². The normalized spacial score (nSPS) is 12.5. The van der Waals surface area contributed by atoms with E-state index in [1.807, 2.05) is 6.07 Å².